The molecule has 1 saturated heterocycles. The molecule has 1 unspecified atom stereocenters. The summed E-state index contributed by atoms with van der Waals surface area (Å²) in [5.74, 6) is 0.470. The first-order chi connectivity index (χ1) is 9.31. The summed E-state index contributed by atoms with van der Waals surface area (Å²) in [5.41, 5.74) is 0. The van der Waals surface area contributed by atoms with E-state index in [4.69, 9.17) is 14.2 Å². The van der Waals surface area contributed by atoms with E-state index in [9.17, 15) is 0 Å². The van der Waals surface area contributed by atoms with Crippen LogP contribution in [0.4, 0.5) is 5.95 Å². The van der Waals surface area contributed by atoms with Gasteiger partial charge in [-0.3, -0.25) is 0 Å². The quantitative estimate of drug-likeness (QED) is 0.797. The summed E-state index contributed by atoms with van der Waals surface area (Å²) < 4.78 is 16.4. The number of aromatic nitrogens is 3. The van der Waals surface area contributed by atoms with Gasteiger partial charge >= 0.3 is 12.0 Å². The first kappa shape index (κ1) is 13.8. The maximum Gasteiger partial charge on any atom is 0.324 e. The molecule has 0 saturated carbocycles. The number of nitrogens with zero attached hydrogens (tertiary/aromatic N) is 3. The van der Waals surface area contributed by atoms with Gasteiger partial charge in [-0.25, -0.2) is 0 Å². The van der Waals surface area contributed by atoms with Crippen molar-refractivity contribution in [2.75, 3.05) is 31.7 Å². The normalized spacial score (nSPS) is 18.3. The fourth-order valence-corrected chi connectivity index (χ4v) is 1.64. The summed E-state index contributed by atoms with van der Waals surface area (Å²) in [7, 11) is 0. The van der Waals surface area contributed by atoms with Crippen molar-refractivity contribution in [1.29, 1.82) is 0 Å². The molecule has 19 heavy (non-hydrogen) atoms. The largest absolute Gasteiger partial charge is 0.463 e. The first-order valence-electron chi connectivity index (χ1n) is 6.69. The van der Waals surface area contributed by atoms with E-state index in [1.54, 1.807) is 0 Å². The second-order valence-corrected chi connectivity index (χ2v) is 4.21. The fraction of sp³-hybridized carbons (Fsp3) is 0.750. The van der Waals surface area contributed by atoms with E-state index in [2.05, 4.69) is 20.3 Å². The Morgan fingerprint density at radius 2 is 2.11 bits per heavy atom. The highest BCUT2D eigenvalue weighted by atomic mass is 16.6. The minimum absolute atomic E-state index is 0.0101. The molecule has 1 fully saturated rings. The third-order valence-corrected chi connectivity index (χ3v) is 2.52. The number of anilines is 1. The highest BCUT2D eigenvalue weighted by Crippen LogP contribution is 2.17. The van der Waals surface area contributed by atoms with Crippen LogP contribution in [0.1, 0.15) is 26.7 Å². The summed E-state index contributed by atoms with van der Waals surface area (Å²) in [4.78, 5) is 12.5. The molecule has 7 heteroatoms. The van der Waals surface area contributed by atoms with Crippen LogP contribution < -0.4 is 14.8 Å². The summed E-state index contributed by atoms with van der Waals surface area (Å²) in [6, 6.07) is 0.578. The van der Waals surface area contributed by atoms with E-state index in [1.165, 1.54) is 0 Å². The molecule has 0 aliphatic carbocycles. The molecular weight excluding hydrogens is 248 g/mol. The zero-order valence-corrected chi connectivity index (χ0v) is 11.4. The van der Waals surface area contributed by atoms with Crippen molar-refractivity contribution in [3.05, 3.63) is 0 Å². The molecule has 1 aromatic rings. The average molecular weight is 268 g/mol. The zero-order valence-electron chi connectivity index (χ0n) is 11.4. The Kier molecular flexibility index (Phi) is 5.14. The Labute approximate surface area is 112 Å². The van der Waals surface area contributed by atoms with Gasteiger partial charge in [-0.1, -0.05) is 6.92 Å². The van der Waals surface area contributed by atoms with Gasteiger partial charge in [-0.05, 0) is 13.3 Å². The molecule has 0 radical (unpaired) electrons. The van der Waals surface area contributed by atoms with Gasteiger partial charge in [0.15, 0.2) is 0 Å². The van der Waals surface area contributed by atoms with Crippen molar-refractivity contribution >= 4 is 5.95 Å². The maximum atomic E-state index is 5.68. The SMILES string of the molecule is CCCOc1nc(NCC)nc(OC2CCOC2)n1. The lowest BCUT2D eigenvalue weighted by Gasteiger charge is -2.12. The highest BCUT2D eigenvalue weighted by Gasteiger charge is 2.19. The lowest BCUT2D eigenvalue weighted by molar-refractivity contribution is 0.132. The smallest absolute Gasteiger partial charge is 0.324 e. The molecule has 0 aromatic carbocycles. The van der Waals surface area contributed by atoms with Gasteiger partial charge in [0.2, 0.25) is 5.95 Å². The molecule has 0 spiro atoms. The average Bonchev–Trinajstić information content (AvgIpc) is 2.89. The van der Waals surface area contributed by atoms with Crippen molar-refractivity contribution in [2.45, 2.75) is 32.8 Å². The topological polar surface area (TPSA) is 78.4 Å². The van der Waals surface area contributed by atoms with Crippen LogP contribution in [-0.2, 0) is 4.74 Å². The van der Waals surface area contributed by atoms with Crippen molar-refractivity contribution in [2.24, 2.45) is 0 Å². The molecule has 1 aromatic heterocycles. The molecule has 1 atom stereocenters. The zero-order chi connectivity index (χ0) is 13.5. The van der Waals surface area contributed by atoms with E-state index < -0.39 is 0 Å². The van der Waals surface area contributed by atoms with E-state index in [0.717, 1.165) is 26.0 Å². The molecule has 0 amide bonds. The summed E-state index contributed by atoms with van der Waals surface area (Å²) in [5, 5.41) is 3.04. The molecule has 1 aliphatic heterocycles. The molecule has 0 bridgehead atoms. The third kappa shape index (κ3) is 4.20. The molecule has 7 nitrogen and oxygen atoms in total. The van der Waals surface area contributed by atoms with Crippen molar-refractivity contribution in [3.8, 4) is 12.0 Å². The number of ether oxygens (including phenoxy) is 3. The second-order valence-electron chi connectivity index (χ2n) is 4.21. The minimum Gasteiger partial charge on any atom is -0.463 e. The van der Waals surface area contributed by atoms with Crippen LogP contribution >= 0.6 is 0 Å². The van der Waals surface area contributed by atoms with E-state index in [1.807, 2.05) is 13.8 Å². The predicted molar refractivity (Wildman–Crippen MR) is 69.6 cm³/mol. The Morgan fingerprint density at radius 3 is 2.79 bits per heavy atom. The van der Waals surface area contributed by atoms with Crippen molar-refractivity contribution < 1.29 is 14.2 Å². The Morgan fingerprint density at radius 1 is 1.26 bits per heavy atom. The van der Waals surface area contributed by atoms with Gasteiger partial charge in [0.25, 0.3) is 0 Å². The van der Waals surface area contributed by atoms with Crippen LogP contribution in [0.5, 0.6) is 12.0 Å². The van der Waals surface area contributed by atoms with Gasteiger partial charge in [-0.15, -0.1) is 4.98 Å². The lowest BCUT2D eigenvalue weighted by atomic mass is 10.3. The van der Waals surface area contributed by atoms with Crippen LogP contribution in [0.2, 0.25) is 0 Å². The number of rotatable bonds is 7. The van der Waals surface area contributed by atoms with Crippen molar-refractivity contribution in [1.82, 2.24) is 15.0 Å². The van der Waals surface area contributed by atoms with Crippen LogP contribution in [0, 0.1) is 0 Å². The highest BCUT2D eigenvalue weighted by molar-refractivity contribution is 5.27. The fourth-order valence-electron chi connectivity index (χ4n) is 1.64. The van der Waals surface area contributed by atoms with Crippen LogP contribution in [0.25, 0.3) is 0 Å². The van der Waals surface area contributed by atoms with Gasteiger partial charge in [0, 0.05) is 13.0 Å². The van der Waals surface area contributed by atoms with Crippen LogP contribution in [-0.4, -0.2) is 47.4 Å². The molecule has 2 heterocycles. The Bertz CT molecular complexity index is 397. The maximum absolute atomic E-state index is 5.68. The summed E-state index contributed by atoms with van der Waals surface area (Å²) >= 11 is 0. The molecule has 1 N–H and O–H groups in total. The Balaban J connectivity index is 2.07. The van der Waals surface area contributed by atoms with Gasteiger partial charge in [0.1, 0.15) is 6.10 Å². The predicted octanol–water partition coefficient (Wildman–Crippen LogP) is 1.26. The standard InChI is InChI=1S/C12H20N4O3/c1-3-6-18-11-14-10(13-4-2)15-12(16-11)19-9-5-7-17-8-9/h9H,3-8H2,1-2H3,(H,13,14,15,16). The summed E-state index contributed by atoms with van der Waals surface area (Å²) in [6.07, 6.45) is 1.76. The van der Waals surface area contributed by atoms with Crippen molar-refractivity contribution in [3.63, 3.8) is 0 Å². The molecule has 1 aliphatic rings. The minimum atomic E-state index is 0.0101. The van der Waals surface area contributed by atoms with Gasteiger partial charge < -0.3 is 19.5 Å². The van der Waals surface area contributed by atoms with Gasteiger partial charge in [0.05, 0.1) is 19.8 Å². The third-order valence-electron chi connectivity index (χ3n) is 2.52. The van der Waals surface area contributed by atoms with E-state index in [-0.39, 0.29) is 12.1 Å². The van der Waals surface area contributed by atoms with Gasteiger partial charge in [-0.2, -0.15) is 9.97 Å². The lowest BCUT2D eigenvalue weighted by Crippen LogP contribution is -2.18. The number of hydrogen-bond acceptors (Lipinski definition) is 7. The van der Waals surface area contributed by atoms with E-state index >= 15 is 0 Å². The molecular formula is C12H20N4O3. The number of nitrogens with one attached hydrogen (secondary N) is 1. The summed E-state index contributed by atoms with van der Waals surface area (Å²) in [6.45, 7) is 6.59. The van der Waals surface area contributed by atoms with Crippen LogP contribution in [0.15, 0.2) is 0 Å². The molecule has 106 valence electrons. The first-order valence-corrected chi connectivity index (χ1v) is 6.69. The monoisotopic (exact) mass is 268 g/mol. The number of hydrogen-bond donors (Lipinski definition) is 1. The van der Waals surface area contributed by atoms with E-state index in [0.29, 0.717) is 25.2 Å². The molecule has 2 rings (SSSR count). The Hall–Kier alpha value is -1.63. The second kappa shape index (κ2) is 7.08. The van der Waals surface area contributed by atoms with Crippen LogP contribution in [0.3, 0.4) is 0 Å².